The van der Waals surface area contributed by atoms with E-state index < -0.39 is 5.95 Å². The highest BCUT2D eigenvalue weighted by Gasteiger charge is 2.33. The first-order valence-electron chi connectivity index (χ1n) is 10.7. The molecule has 2 aliphatic carbocycles. The summed E-state index contributed by atoms with van der Waals surface area (Å²) in [7, 11) is 1.52. The van der Waals surface area contributed by atoms with Crippen LogP contribution in [-0.4, -0.2) is 34.8 Å². The molecule has 1 atom stereocenters. The van der Waals surface area contributed by atoms with Crippen LogP contribution in [0.15, 0.2) is 41.6 Å². The zero-order valence-electron chi connectivity index (χ0n) is 17.5. The first kappa shape index (κ1) is 19.7. The molecule has 31 heavy (non-hydrogen) atoms. The average Bonchev–Trinajstić information content (AvgIpc) is 3.58. The van der Waals surface area contributed by atoms with Crippen LogP contribution in [0.5, 0.6) is 0 Å². The highest BCUT2D eigenvalue weighted by atomic mass is 19.1. The Balaban J connectivity index is 1.54. The summed E-state index contributed by atoms with van der Waals surface area (Å²) in [6, 6.07) is 11.2. The molecule has 7 heteroatoms. The maximum atomic E-state index is 13.7. The van der Waals surface area contributed by atoms with Gasteiger partial charge in [0.2, 0.25) is 11.9 Å². The van der Waals surface area contributed by atoms with Gasteiger partial charge < -0.3 is 14.7 Å². The largest absolute Gasteiger partial charge is 0.399 e. The lowest BCUT2D eigenvalue weighted by molar-refractivity contribution is -0.123. The van der Waals surface area contributed by atoms with E-state index in [9.17, 15) is 9.18 Å². The molecular formula is C24H25FN4O2. The van der Waals surface area contributed by atoms with Crippen molar-refractivity contribution < 1.29 is 14.0 Å². The van der Waals surface area contributed by atoms with Crippen molar-refractivity contribution in [3.63, 3.8) is 0 Å². The van der Waals surface area contributed by atoms with Crippen molar-refractivity contribution in [2.75, 3.05) is 7.11 Å². The summed E-state index contributed by atoms with van der Waals surface area (Å²) in [6.07, 6.45) is 6.25. The Morgan fingerprint density at radius 3 is 2.97 bits per heavy atom. The number of rotatable bonds is 6. The number of pyridine rings is 1. The first-order chi connectivity index (χ1) is 15.1. The second kappa shape index (κ2) is 8.13. The Morgan fingerprint density at radius 1 is 1.32 bits per heavy atom. The minimum atomic E-state index is -0.469. The molecule has 0 spiro atoms. The highest BCUT2D eigenvalue weighted by molar-refractivity contribution is 5.92. The molecule has 1 saturated carbocycles. The third kappa shape index (κ3) is 4.04. The molecule has 6 nitrogen and oxygen atoms in total. The second-order valence-corrected chi connectivity index (χ2v) is 8.38. The number of hydrogen-bond acceptors (Lipinski definition) is 4. The molecule has 1 amide bonds. The molecule has 2 heterocycles. The van der Waals surface area contributed by atoms with Crippen LogP contribution in [0.2, 0.25) is 0 Å². The van der Waals surface area contributed by atoms with Crippen LogP contribution in [0.1, 0.15) is 41.8 Å². The van der Waals surface area contributed by atoms with Crippen molar-refractivity contribution in [3.8, 4) is 0 Å². The Hall–Kier alpha value is -3.22. The van der Waals surface area contributed by atoms with E-state index in [2.05, 4.69) is 32.2 Å². The molecule has 1 aromatic carbocycles. The van der Waals surface area contributed by atoms with Gasteiger partial charge in [-0.1, -0.05) is 17.3 Å². The monoisotopic (exact) mass is 420 g/mol. The van der Waals surface area contributed by atoms with Gasteiger partial charge in [0.05, 0.1) is 18.5 Å². The number of hydrogen-bond donors (Lipinski definition) is 1. The first-order valence-corrected chi connectivity index (χ1v) is 10.7. The predicted molar refractivity (Wildman–Crippen MR) is 117 cm³/mol. The zero-order chi connectivity index (χ0) is 21.4. The number of carbonyl (C=O) groups is 1. The summed E-state index contributed by atoms with van der Waals surface area (Å²) in [5.74, 6) is -0.0727. The van der Waals surface area contributed by atoms with E-state index in [1.165, 1.54) is 24.4 Å². The van der Waals surface area contributed by atoms with Gasteiger partial charge in [-0.3, -0.25) is 4.79 Å². The Morgan fingerprint density at radius 2 is 2.19 bits per heavy atom. The van der Waals surface area contributed by atoms with Gasteiger partial charge in [-0.05, 0) is 67.5 Å². The maximum Gasteiger partial charge on any atom is 0.223 e. The molecule has 0 saturated heterocycles. The molecule has 1 N–H and O–H groups in total. The number of benzene rings is 1. The van der Waals surface area contributed by atoms with E-state index in [4.69, 9.17) is 4.84 Å². The van der Waals surface area contributed by atoms with Crippen molar-refractivity contribution in [1.82, 2.24) is 14.9 Å². The number of nitrogens with one attached hydrogen (secondary N) is 1. The number of amides is 1. The summed E-state index contributed by atoms with van der Waals surface area (Å²) >= 11 is 0. The average molecular weight is 420 g/mol. The Bertz CT molecular complexity index is 1170. The number of fused-ring (bicyclic) bond motifs is 3. The van der Waals surface area contributed by atoms with Crippen LogP contribution in [0.3, 0.4) is 0 Å². The van der Waals surface area contributed by atoms with Crippen molar-refractivity contribution in [2.24, 2.45) is 11.1 Å². The van der Waals surface area contributed by atoms with Crippen molar-refractivity contribution >= 4 is 23.0 Å². The van der Waals surface area contributed by atoms with E-state index in [1.807, 2.05) is 12.1 Å². The second-order valence-electron chi connectivity index (χ2n) is 8.38. The SMILES string of the molecule is CON=Cc1ccc2c(c1)c1c(n2Cc2cccc(F)n2)CC[C@@H](NC(=O)C2CC2)C1. The van der Waals surface area contributed by atoms with Gasteiger partial charge in [-0.2, -0.15) is 4.39 Å². The molecular weight excluding hydrogens is 395 g/mol. The normalized spacial score (nSPS) is 18.3. The summed E-state index contributed by atoms with van der Waals surface area (Å²) < 4.78 is 15.9. The fourth-order valence-electron chi connectivity index (χ4n) is 4.53. The lowest BCUT2D eigenvalue weighted by Crippen LogP contribution is -2.39. The van der Waals surface area contributed by atoms with Gasteiger partial charge in [0.15, 0.2) is 0 Å². The number of carbonyl (C=O) groups excluding carboxylic acids is 1. The molecule has 2 aromatic heterocycles. The third-order valence-corrected chi connectivity index (χ3v) is 6.19. The van der Waals surface area contributed by atoms with E-state index in [0.29, 0.717) is 12.2 Å². The minimum Gasteiger partial charge on any atom is -0.399 e. The summed E-state index contributed by atoms with van der Waals surface area (Å²) in [5, 5.41) is 8.27. The van der Waals surface area contributed by atoms with Crippen LogP contribution >= 0.6 is 0 Å². The fourth-order valence-corrected chi connectivity index (χ4v) is 4.53. The quantitative estimate of drug-likeness (QED) is 0.376. The van der Waals surface area contributed by atoms with Crippen molar-refractivity contribution in [3.05, 3.63) is 64.9 Å². The standard InChI is InChI=1S/C24H25FN4O2/c1-31-26-13-15-5-9-21-19(11-15)20-12-17(28-24(30)16-6-7-16)8-10-22(20)29(21)14-18-3-2-4-23(25)27-18/h2-5,9,11,13,16-17H,6-8,10,12,14H2,1H3,(H,28,30)/t17-/m1/s1. The van der Waals surface area contributed by atoms with Crippen LogP contribution < -0.4 is 5.32 Å². The van der Waals surface area contributed by atoms with E-state index in [1.54, 1.807) is 12.3 Å². The summed E-state index contributed by atoms with van der Waals surface area (Å²) in [4.78, 5) is 21.2. The van der Waals surface area contributed by atoms with Crippen LogP contribution in [0.25, 0.3) is 10.9 Å². The van der Waals surface area contributed by atoms with Gasteiger partial charge in [-0.25, -0.2) is 4.98 Å². The maximum absolute atomic E-state index is 13.7. The van der Waals surface area contributed by atoms with E-state index in [-0.39, 0.29) is 17.9 Å². The van der Waals surface area contributed by atoms with E-state index >= 15 is 0 Å². The highest BCUT2D eigenvalue weighted by Crippen LogP contribution is 2.34. The predicted octanol–water partition coefficient (Wildman–Crippen LogP) is 3.59. The van der Waals surface area contributed by atoms with Gasteiger partial charge in [0.25, 0.3) is 0 Å². The van der Waals surface area contributed by atoms with E-state index in [0.717, 1.165) is 48.6 Å². The molecule has 5 rings (SSSR count). The van der Waals surface area contributed by atoms with Crippen LogP contribution in [-0.2, 0) is 29.0 Å². The molecule has 1 fully saturated rings. The van der Waals surface area contributed by atoms with Crippen molar-refractivity contribution in [1.29, 1.82) is 0 Å². The topological polar surface area (TPSA) is 68.5 Å². The molecule has 0 aliphatic heterocycles. The molecule has 0 radical (unpaired) electrons. The smallest absolute Gasteiger partial charge is 0.223 e. The fraction of sp³-hybridized carbons (Fsp3) is 0.375. The van der Waals surface area contributed by atoms with Gasteiger partial charge in [0, 0.05) is 28.6 Å². The summed E-state index contributed by atoms with van der Waals surface area (Å²) in [6.45, 7) is 0.508. The van der Waals surface area contributed by atoms with Crippen LogP contribution in [0.4, 0.5) is 4.39 Å². The molecule has 2 aliphatic rings. The minimum absolute atomic E-state index is 0.142. The van der Waals surface area contributed by atoms with Crippen molar-refractivity contribution in [2.45, 2.75) is 44.7 Å². The van der Waals surface area contributed by atoms with Crippen LogP contribution in [0, 0.1) is 11.9 Å². The third-order valence-electron chi connectivity index (χ3n) is 6.19. The number of nitrogens with zero attached hydrogens (tertiary/aromatic N) is 3. The van der Waals surface area contributed by atoms with Gasteiger partial charge >= 0.3 is 0 Å². The number of oxime groups is 1. The summed E-state index contributed by atoms with van der Waals surface area (Å²) in [5.41, 5.74) is 5.20. The number of halogens is 1. The number of aromatic nitrogens is 2. The lowest BCUT2D eigenvalue weighted by Gasteiger charge is -2.25. The van der Waals surface area contributed by atoms with Gasteiger partial charge in [0.1, 0.15) is 7.11 Å². The van der Waals surface area contributed by atoms with Gasteiger partial charge in [-0.15, -0.1) is 0 Å². The lowest BCUT2D eigenvalue weighted by atomic mass is 9.91. The molecule has 0 unspecified atom stereocenters. The Labute approximate surface area is 180 Å². The molecule has 160 valence electrons. The Kier molecular flexibility index (Phi) is 5.18. The zero-order valence-corrected chi connectivity index (χ0v) is 17.5. The molecule has 3 aromatic rings. The molecule has 0 bridgehead atoms.